The number of aryl methyl sites for hydroxylation is 1. The van der Waals surface area contributed by atoms with E-state index in [9.17, 15) is 43.9 Å². The van der Waals surface area contributed by atoms with Crippen LogP contribution in [0, 0.1) is 58.2 Å². The van der Waals surface area contributed by atoms with Crippen molar-refractivity contribution < 1.29 is 64.8 Å². The first-order chi connectivity index (χ1) is 20.9. The smallest absolute Gasteiger partial charge is 0.172 e. The first kappa shape index (κ1) is 37.9. The molecule has 0 aliphatic carbocycles. The molecule has 0 saturated carbocycles. The molecular weight excluding hydrogens is 723 g/mol. The Labute approximate surface area is 267 Å². The van der Waals surface area contributed by atoms with Gasteiger partial charge >= 0.3 is 37.9 Å². The van der Waals surface area contributed by atoms with Crippen molar-refractivity contribution in [3.63, 3.8) is 0 Å². The van der Waals surface area contributed by atoms with E-state index < -0.39 is 96.7 Å². The van der Waals surface area contributed by atoms with E-state index in [4.69, 9.17) is 17.0 Å². The monoisotopic (exact) mass is 744 g/mol. The van der Waals surface area contributed by atoms with E-state index in [1.807, 2.05) is 30.3 Å². The minimum atomic E-state index is -2.53. The van der Waals surface area contributed by atoms with Gasteiger partial charge in [-0.1, -0.05) is 31.3 Å². The van der Waals surface area contributed by atoms with Crippen molar-refractivity contribution in [1.82, 2.24) is 0 Å². The predicted molar refractivity (Wildman–Crippen MR) is 149 cm³/mol. The summed E-state index contributed by atoms with van der Waals surface area (Å²) in [6.07, 6.45) is 2.12. The molecule has 0 spiro atoms. The Balaban J connectivity index is 0.000000739. The fourth-order valence-corrected chi connectivity index (χ4v) is 4.36. The Morgan fingerprint density at radius 1 is 0.705 bits per heavy atom. The molecule has 0 atom stereocenters. The molecule has 0 aliphatic heterocycles. The summed E-state index contributed by atoms with van der Waals surface area (Å²) >= 11 is -0.826. The average Bonchev–Trinajstić information content (AvgIpc) is 3.76. The van der Waals surface area contributed by atoms with Gasteiger partial charge in [0.25, 0.3) is 6.71 Å². The van der Waals surface area contributed by atoms with Crippen LogP contribution >= 0.6 is 17.0 Å². The zero-order valence-corrected chi connectivity index (χ0v) is 26.9. The van der Waals surface area contributed by atoms with Gasteiger partial charge in [0.05, 0.1) is 0 Å². The number of halogens is 12. The fourth-order valence-electron chi connectivity index (χ4n) is 4.36. The summed E-state index contributed by atoms with van der Waals surface area (Å²) in [4.78, 5) is 0. The Hall–Kier alpha value is -2.29. The standard InChI is InChI=1S/C25H18BF10.C5H5.2ClH.Zr/c1-2-3-10-13(11-6-9-12-7-4-5-8-12)26(14-16(27)20(31)24(35)21(32)17(14)28)15-18(29)22(33)25(36)23(34)19(15)30;1-2-4-5-3-1;;;/h4-5,7-8,10H,2-3,6,9,11H2,1H3;1-5H;2*1H;/q2*-1;;;+4/p-2/b13-10-;;;;. The molecule has 0 fully saturated rings. The minimum absolute atomic E-state index is 0.132. The van der Waals surface area contributed by atoms with Crippen LogP contribution in [0.5, 0.6) is 0 Å². The van der Waals surface area contributed by atoms with Crippen molar-refractivity contribution in [3.8, 4) is 0 Å². The first-order valence-electron chi connectivity index (χ1n) is 13.0. The quantitative estimate of drug-likeness (QED) is 0.0527. The number of allylic oxidation sites excluding steroid dienone is 2. The maximum Gasteiger partial charge on any atom is -0.172 e. The Morgan fingerprint density at radius 2 is 1.14 bits per heavy atom. The van der Waals surface area contributed by atoms with Crippen LogP contribution in [0.15, 0.2) is 66.1 Å². The molecule has 0 amide bonds. The summed E-state index contributed by atoms with van der Waals surface area (Å²) in [5, 5.41) is 0. The molecule has 4 aromatic carbocycles. The number of rotatable bonds is 9. The molecule has 0 saturated heterocycles. The van der Waals surface area contributed by atoms with Gasteiger partial charge < -0.3 is 0 Å². The normalized spacial score (nSPS) is 10.9. The molecule has 0 nitrogen and oxygen atoms in total. The summed E-state index contributed by atoms with van der Waals surface area (Å²) < 4.78 is 143. The molecule has 4 aromatic rings. The largest absolute Gasteiger partial charge is 0.214 e. The molecule has 0 bridgehead atoms. The van der Waals surface area contributed by atoms with E-state index in [0.717, 1.165) is 5.56 Å². The maximum absolute atomic E-state index is 14.9. The molecule has 234 valence electrons. The van der Waals surface area contributed by atoms with Gasteiger partial charge in [0.2, 0.25) is 0 Å². The topological polar surface area (TPSA) is 0 Å². The molecule has 0 N–H and O–H groups in total. The zero-order chi connectivity index (χ0) is 33.0. The zero-order valence-electron chi connectivity index (χ0n) is 22.9. The molecule has 0 unspecified atom stereocenters. The van der Waals surface area contributed by atoms with Crippen LogP contribution in [0.3, 0.4) is 0 Å². The molecule has 14 heteroatoms. The van der Waals surface area contributed by atoms with E-state index in [0.29, 0.717) is 12.8 Å². The second-order valence-electron chi connectivity index (χ2n) is 9.15. The van der Waals surface area contributed by atoms with Crippen LogP contribution < -0.4 is 10.9 Å². The number of hydrogen-bond donors (Lipinski definition) is 0. The summed E-state index contributed by atoms with van der Waals surface area (Å²) in [5.41, 5.74) is -2.83. The summed E-state index contributed by atoms with van der Waals surface area (Å²) in [5.74, 6) is -24.4. The van der Waals surface area contributed by atoms with Crippen molar-refractivity contribution in [1.29, 1.82) is 0 Å². The van der Waals surface area contributed by atoms with E-state index in [2.05, 4.69) is 0 Å². The van der Waals surface area contributed by atoms with Crippen LogP contribution in [0.25, 0.3) is 0 Å². The van der Waals surface area contributed by atoms with Crippen LogP contribution in [0.1, 0.15) is 38.2 Å². The predicted octanol–water partition coefficient (Wildman–Crippen LogP) is 9.48. The van der Waals surface area contributed by atoms with Crippen molar-refractivity contribution in [2.24, 2.45) is 0 Å². The van der Waals surface area contributed by atoms with Crippen molar-refractivity contribution in [3.05, 3.63) is 130 Å². The van der Waals surface area contributed by atoms with E-state index in [-0.39, 0.29) is 24.7 Å². The minimum Gasteiger partial charge on any atom is -0.214 e. The van der Waals surface area contributed by atoms with E-state index >= 15 is 0 Å². The van der Waals surface area contributed by atoms with Crippen LogP contribution in [0.4, 0.5) is 43.9 Å². The van der Waals surface area contributed by atoms with Gasteiger partial charge in [-0.3, -0.25) is 0 Å². The Morgan fingerprint density at radius 3 is 1.48 bits per heavy atom. The van der Waals surface area contributed by atoms with Gasteiger partial charge in [0, 0.05) is 10.9 Å². The van der Waals surface area contributed by atoms with Gasteiger partial charge in [0.1, 0.15) is 0 Å². The molecule has 0 heterocycles. The van der Waals surface area contributed by atoms with Crippen LogP contribution in [0.2, 0.25) is 0 Å². The third kappa shape index (κ3) is 9.36. The number of unbranched alkanes of at least 4 members (excludes halogenated alkanes) is 1. The van der Waals surface area contributed by atoms with Crippen LogP contribution in [-0.2, 0) is 27.3 Å². The number of hydrogen-bond acceptors (Lipinski definition) is 0. The summed E-state index contributed by atoms with van der Waals surface area (Å²) in [6.45, 7) is -0.811. The van der Waals surface area contributed by atoms with Gasteiger partial charge in [-0.25, -0.2) is 68.2 Å². The first-order valence-corrected chi connectivity index (χ1v) is 19.3. The molecule has 44 heavy (non-hydrogen) atoms. The Bertz CT molecular complexity index is 1360. The van der Waals surface area contributed by atoms with Gasteiger partial charge in [-0.15, -0.1) is 0 Å². The van der Waals surface area contributed by atoms with E-state index in [1.54, 1.807) is 31.2 Å². The molecule has 0 radical (unpaired) electrons. The number of benzene rings is 2. The average molecular weight is 746 g/mol. The van der Waals surface area contributed by atoms with Crippen molar-refractivity contribution in [2.45, 2.75) is 39.0 Å². The van der Waals surface area contributed by atoms with Crippen molar-refractivity contribution in [2.75, 3.05) is 0 Å². The molecule has 0 aliphatic rings. The fraction of sp³-hybridized carbons (Fsp3) is 0.200. The van der Waals surface area contributed by atoms with E-state index in [1.165, 1.54) is 6.08 Å². The Kier molecular flexibility index (Phi) is 16.0. The second-order valence-corrected chi connectivity index (χ2v) is 12.9. The SMILES string of the molecule is CCC/C=C(/CCCc1ccc[cH-]1)B(c1c(F)c(F)c(F)c(F)c1F)c1c(F)c(F)c(F)c(F)c1F.[Cl][Zr+2][Cl].c1cc[cH-]c1. The van der Waals surface area contributed by atoms with Crippen LogP contribution in [-0.4, -0.2) is 6.71 Å². The summed E-state index contributed by atoms with van der Waals surface area (Å²) in [7, 11) is 9.87. The van der Waals surface area contributed by atoms with Gasteiger partial charge in [-0.05, 0) is 19.3 Å². The summed E-state index contributed by atoms with van der Waals surface area (Å²) in [6, 6.07) is 17.0. The molecule has 0 aromatic heterocycles. The second kappa shape index (κ2) is 18.6. The van der Waals surface area contributed by atoms with Crippen molar-refractivity contribution >= 4 is 34.7 Å². The van der Waals surface area contributed by atoms with Gasteiger partial charge in [0.15, 0.2) is 58.2 Å². The third-order valence-electron chi connectivity index (χ3n) is 6.35. The van der Waals surface area contributed by atoms with Gasteiger partial charge in [-0.2, -0.15) is 35.9 Å². The molecular formula is C30H23BCl2F10Zr. The molecule has 4 rings (SSSR count). The maximum atomic E-state index is 14.9. The third-order valence-corrected chi connectivity index (χ3v) is 6.35.